The van der Waals surface area contributed by atoms with E-state index in [1.807, 2.05) is 0 Å². The Labute approximate surface area is 128 Å². The maximum absolute atomic E-state index is 12.2. The molecule has 1 saturated heterocycles. The number of aliphatic hydroxyl groups is 1. The number of piperidine rings is 1. The van der Waals surface area contributed by atoms with E-state index < -0.39 is 0 Å². The van der Waals surface area contributed by atoms with E-state index in [9.17, 15) is 4.79 Å². The summed E-state index contributed by atoms with van der Waals surface area (Å²) in [5.74, 6) is 0.795. The zero-order valence-electron chi connectivity index (χ0n) is 12.3. The highest BCUT2D eigenvalue weighted by Gasteiger charge is 2.27. The molecule has 0 bridgehead atoms. The van der Waals surface area contributed by atoms with Crippen molar-refractivity contribution in [3.05, 3.63) is 12.7 Å². The number of amides is 1. The van der Waals surface area contributed by atoms with Crippen LogP contribution in [0, 0.1) is 5.92 Å². The Morgan fingerprint density at radius 1 is 1.45 bits per heavy atom. The van der Waals surface area contributed by atoms with Crippen LogP contribution in [0.25, 0.3) is 11.2 Å². The van der Waals surface area contributed by atoms with Crippen LogP contribution in [-0.4, -0.2) is 57.2 Å². The number of hydrogen-bond acceptors (Lipinski definition) is 6. The Bertz CT molecular complexity index is 643. The molecule has 0 unspecified atom stereocenters. The highest BCUT2D eigenvalue weighted by Crippen LogP contribution is 2.25. The van der Waals surface area contributed by atoms with E-state index in [0.29, 0.717) is 25.2 Å². The van der Waals surface area contributed by atoms with Gasteiger partial charge in [-0.2, -0.15) is 0 Å². The highest BCUT2D eigenvalue weighted by atomic mass is 16.3. The van der Waals surface area contributed by atoms with Crippen molar-refractivity contribution < 1.29 is 9.90 Å². The molecule has 1 aliphatic rings. The molecule has 0 radical (unpaired) electrons. The van der Waals surface area contributed by atoms with Gasteiger partial charge in [-0.15, -0.1) is 0 Å². The number of nitrogens with one attached hydrogen (secondary N) is 2. The van der Waals surface area contributed by atoms with Crippen LogP contribution in [0.4, 0.5) is 5.82 Å². The van der Waals surface area contributed by atoms with Crippen LogP contribution in [0.1, 0.15) is 19.3 Å². The molecule has 1 atom stereocenters. The van der Waals surface area contributed by atoms with Crippen LogP contribution in [0.5, 0.6) is 0 Å². The van der Waals surface area contributed by atoms with E-state index in [-0.39, 0.29) is 18.4 Å². The van der Waals surface area contributed by atoms with Crippen LogP contribution in [0.15, 0.2) is 12.7 Å². The van der Waals surface area contributed by atoms with Gasteiger partial charge in [0.2, 0.25) is 5.91 Å². The zero-order valence-corrected chi connectivity index (χ0v) is 12.3. The van der Waals surface area contributed by atoms with Crippen molar-refractivity contribution in [3.63, 3.8) is 0 Å². The number of aromatic nitrogens is 4. The summed E-state index contributed by atoms with van der Waals surface area (Å²) in [6.07, 6.45) is 5.51. The summed E-state index contributed by atoms with van der Waals surface area (Å²) in [6.45, 7) is 2.11. The second-order valence-corrected chi connectivity index (χ2v) is 5.45. The van der Waals surface area contributed by atoms with Gasteiger partial charge in [0, 0.05) is 26.2 Å². The predicted octanol–water partition coefficient (Wildman–Crippen LogP) is 0.0679. The molecule has 2 aromatic heterocycles. The van der Waals surface area contributed by atoms with Crippen LogP contribution in [0.2, 0.25) is 0 Å². The van der Waals surface area contributed by atoms with E-state index in [1.165, 1.54) is 6.33 Å². The number of imidazole rings is 1. The maximum Gasteiger partial charge on any atom is 0.224 e. The molecule has 3 N–H and O–H groups in total. The first-order chi connectivity index (χ1) is 10.8. The number of nitrogens with zero attached hydrogens (tertiary/aromatic N) is 4. The number of carbonyl (C=O) groups is 1. The lowest BCUT2D eigenvalue weighted by molar-refractivity contribution is -0.125. The number of rotatable bonds is 5. The maximum atomic E-state index is 12.2. The van der Waals surface area contributed by atoms with Crippen molar-refractivity contribution in [1.29, 1.82) is 0 Å². The van der Waals surface area contributed by atoms with Crippen LogP contribution in [0.3, 0.4) is 0 Å². The molecular formula is C14H20N6O2. The monoisotopic (exact) mass is 304 g/mol. The topological polar surface area (TPSA) is 107 Å². The van der Waals surface area contributed by atoms with Crippen LogP contribution >= 0.6 is 0 Å². The fourth-order valence-corrected chi connectivity index (χ4v) is 2.81. The molecule has 8 nitrogen and oxygen atoms in total. The number of anilines is 1. The summed E-state index contributed by atoms with van der Waals surface area (Å²) < 4.78 is 0. The smallest absolute Gasteiger partial charge is 0.224 e. The van der Waals surface area contributed by atoms with E-state index >= 15 is 0 Å². The molecule has 0 aliphatic carbocycles. The van der Waals surface area contributed by atoms with Gasteiger partial charge in [0.05, 0.1) is 12.2 Å². The highest BCUT2D eigenvalue weighted by molar-refractivity contribution is 5.84. The molecule has 22 heavy (non-hydrogen) atoms. The Morgan fingerprint density at radius 3 is 3.23 bits per heavy atom. The number of aromatic amines is 1. The van der Waals surface area contributed by atoms with Crippen LogP contribution < -0.4 is 10.2 Å². The second-order valence-electron chi connectivity index (χ2n) is 5.45. The van der Waals surface area contributed by atoms with E-state index in [0.717, 1.165) is 30.7 Å². The van der Waals surface area contributed by atoms with Gasteiger partial charge in [0.25, 0.3) is 0 Å². The molecule has 1 aliphatic heterocycles. The first-order valence-electron chi connectivity index (χ1n) is 7.57. The Balaban J connectivity index is 1.70. The molecule has 2 aromatic rings. The SMILES string of the molecule is O=C(NCCCO)[C@@H]1CCCN(c2ncnc3nc[nH]c23)C1. The van der Waals surface area contributed by atoms with Gasteiger partial charge in [-0.1, -0.05) is 0 Å². The summed E-state index contributed by atoms with van der Waals surface area (Å²) in [5.41, 5.74) is 1.45. The summed E-state index contributed by atoms with van der Waals surface area (Å²) >= 11 is 0. The quantitative estimate of drug-likeness (QED) is 0.675. The number of carbonyl (C=O) groups excluding carboxylic acids is 1. The number of hydrogen-bond donors (Lipinski definition) is 3. The lowest BCUT2D eigenvalue weighted by Gasteiger charge is -2.32. The lowest BCUT2D eigenvalue weighted by atomic mass is 9.97. The fourth-order valence-electron chi connectivity index (χ4n) is 2.81. The van der Waals surface area contributed by atoms with Gasteiger partial charge in [0.15, 0.2) is 11.5 Å². The van der Waals surface area contributed by atoms with Gasteiger partial charge >= 0.3 is 0 Å². The van der Waals surface area contributed by atoms with Crippen molar-refractivity contribution in [2.75, 3.05) is 31.1 Å². The summed E-state index contributed by atoms with van der Waals surface area (Å²) in [6, 6.07) is 0. The van der Waals surface area contributed by atoms with E-state index in [1.54, 1.807) is 6.33 Å². The van der Waals surface area contributed by atoms with Gasteiger partial charge in [0.1, 0.15) is 11.8 Å². The third-order valence-electron chi connectivity index (χ3n) is 3.93. The predicted molar refractivity (Wildman–Crippen MR) is 81.3 cm³/mol. The molecule has 3 rings (SSSR count). The van der Waals surface area contributed by atoms with Crippen molar-refractivity contribution in [2.24, 2.45) is 5.92 Å². The zero-order chi connectivity index (χ0) is 15.4. The van der Waals surface area contributed by atoms with Crippen molar-refractivity contribution >= 4 is 22.9 Å². The van der Waals surface area contributed by atoms with Gasteiger partial charge in [-0.25, -0.2) is 15.0 Å². The first-order valence-corrected chi connectivity index (χ1v) is 7.57. The third kappa shape index (κ3) is 3.01. The minimum atomic E-state index is -0.0552. The normalized spacial score (nSPS) is 18.6. The Morgan fingerprint density at radius 2 is 2.36 bits per heavy atom. The number of aliphatic hydroxyl groups excluding tert-OH is 1. The van der Waals surface area contributed by atoms with Crippen molar-refractivity contribution in [2.45, 2.75) is 19.3 Å². The van der Waals surface area contributed by atoms with Crippen LogP contribution in [-0.2, 0) is 4.79 Å². The molecule has 8 heteroatoms. The third-order valence-corrected chi connectivity index (χ3v) is 3.93. The molecule has 118 valence electrons. The number of fused-ring (bicyclic) bond motifs is 1. The fraction of sp³-hybridized carbons (Fsp3) is 0.571. The molecule has 0 aromatic carbocycles. The second kappa shape index (κ2) is 6.69. The minimum Gasteiger partial charge on any atom is -0.396 e. The van der Waals surface area contributed by atoms with E-state index in [4.69, 9.17) is 5.11 Å². The lowest BCUT2D eigenvalue weighted by Crippen LogP contribution is -2.43. The van der Waals surface area contributed by atoms with E-state index in [2.05, 4.69) is 30.2 Å². The first kappa shape index (κ1) is 14.7. The van der Waals surface area contributed by atoms with Gasteiger partial charge in [-0.3, -0.25) is 4.79 Å². The van der Waals surface area contributed by atoms with Gasteiger partial charge < -0.3 is 20.3 Å². The van der Waals surface area contributed by atoms with Gasteiger partial charge in [-0.05, 0) is 19.3 Å². The summed E-state index contributed by atoms with van der Waals surface area (Å²) in [4.78, 5) is 30.0. The molecule has 1 amide bonds. The largest absolute Gasteiger partial charge is 0.396 e. The molecule has 3 heterocycles. The molecular weight excluding hydrogens is 284 g/mol. The molecule has 1 fully saturated rings. The summed E-state index contributed by atoms with van der Waals surface area (Å²) in [7, 11) is 0. The number of H-pyrrole nitrogens is 1. The Kier molecular flexibility index (Phi) is 4.47. The average Bonchev–Trinajstić information content (AvgIpc) is 3.03. The van der Waals surface area contributed by atoms with Crippen molar-refractivity contribution in [1.82, 2.24) is 25.3 Å². The minimum absolute atomic E-state index is 0.0491. The molecule has 0 saturated carbocycles. The Hall–Kier alpha value is -2.22. The average molecular weight is 304 g/mol. The standard InChI is InChI=1S/C14H20N6O2/c21-6-2-4-15-14(22)10-3-1-5-20(7-10)13-11-12(17-8-16-11)18-9-19-13/h8-10,21H,1-7H2,(H,15,22)(H,16,17,18,19)/t10-/m1/s1. The summed E-state index contributed by atoms with van der Waals surface area (Å²) in [5, 5.41) is 11.7. The van der Waals surface area contributed by atoms with Crippen molar-refractivity contribution in [3.8, 4) is 0 Å². The molecule has 0 spiro atoms.